The maximum absolute atomic E-state index is 9.42. The van der Waals surface area contributed by atoms with Gasteiger partial charge in [-0.2, -0.15) is 0 Å². The zero-order chi connectivity index (χ0) is 10.2. The van der Waals surface area contributed by atoms with Crippen LogP contribution in [0.5, 0.6) is 0 Å². The van der Waals surface area contributed by atoms with Gasteiger partial charge in [0.2, 0.25) is 0 Å². The quantitative estimate of drug-likeness (QED) is 0.732. The van der Waals surface area contributed by atoms with Crippen molar-refractivity contribution in [2.75, 3.05) is 13.2 Å². The number of aliphatic hydroxyl groups excluding tert-OH is 1. The van der Waals surface area contributed by atoms with Gasteiger partial charge >= 0.3 is 0 Å². The van der Waals surface area contributed by atoms with E-state index < -0.39 is 0 Å². The molecule has 0 bridgehead atoms. The Kier molecular flexibility index (Phi) is 2.85. The third kappa shape index (κ3) is 1.70. The van der Waals surface area contributed by atoms with Crippen molar-refractivity contribution < 1.29 is 5.11 Å². The Hall–Kier alpha value is -0.0800. The van der Waals surface area contributed by atoms with Gasteiger partial charge in [-0.15, -0.1) is 0 Å². The first-order chi connectivity index (χ1) is 6.65. The van der Waals surface area contributed by atoms with Gasteiger partial charge in [0.25, 0.3) is 0 Å². The molecule has 2 unspecified atom stereocenters. The lowest BCUT2D eigenvalue weighted by molar-refractivity contribution is -0.0124. The van der Waals surface area contributed by atoms with E-state index in [1.54, 1.807) is 0 Å². The van der Waals surface area contributed by atoms with E-state index in [4.69, 9.17) is 0 Å². The lowest BCUT2D eigenvalue weighted by atomic mass is 9.87. The van der Waals surface area contributed by atoms with Crippen molar-refractivity contribution in [1.29, 1.82) is 0 Å². The van der Waals surface area contributed by atoms with Crippen molar-refractivity contribution in [3.63, 3.8) is 0 Å². The number of piperidine rings is 1. The van der Waals surface area contributed by atoms with Gasteiger partial charge in [-0.05, 0) is 52.0 Å². The van der Waals surface area contributed by atoms with E-state index in [2.05, 4.69) is 18.7 Å². The van der Waals surface area contributed by atoms with E-state index in [1.807, 2.05) is 0 Å². The molecule has 2 aliphatic rings. The predicted octanol–water partition coefficient (Wildman–Crippen LogP) is 2.02. The number of aliphatic hydroxyl groups is 1. The first kappa shape index (κ1) is 10.4. The van der Waals surface area contributed by atoms with Crippen LogP contribution >= 0.6 is 0 Å². The van der Waals surface area contributed by atoms with Crippen molar-refractivity contribution >= 4 is 0 Å². The number of likely N-dealkylation sites (tertiary alicyclic amines) is 1. The van der Waals surface area contributed by atoms with Crippen LogP contribution in [-0.4, -0.2) is 34.7 Å². The molecule has 2 nitrogen and oxygen atoms in total. The van der Waals surface area contributed by atoms with Gasteiger partial charge < -0.3 is 5.11 Å². The topological polar surface area (TPSA) is 23.5 Å². The minimum atomic E-state index is -0.00627. The summed E-state index contributed by atoms with van der Waals surface area (Å²) < 4.78 is 0. The molecule has 82 valence electrons. The molecule has 1 aliphatic heterocycles. The van der Waals surface area contributed by atoms with Crippen LogP contribution in [0.4, 0.5) is 0 Å². The molecule has 1 heterocycles. The van der Waals surface area contributed by atoms with Crippen LogP contribution in [0.1, 0.15) is 46.0 Å². The first-order valence-corrected chi connectivity index (χ1v) is 6.03. The number of fused-ring (bicyclic) bond motifs is 1. The summed E-state index contributed by atoms with van der Waals surface area (Å²) in [5, 5.41) is 9.42. The van der Waals surface area contributed by atoms with Gasteiger partial charge in [0.05, 0.1) is 6.61 Å². The fourth-order valence-electron chi connectivity index (χ4n) is 3.30. The highest BCUT2D eigenvalue weighted by molar-refractivity contribution is 4.95. The number of rotatable bonds is 2. The third-order valence-electron chi connectivity index (χ3n) is 4.16. The number of hydrogen-bond donors (Lipinski definition) is 1. The summed E-state index contributed by atoms with van der Waals surface area (Å²) in [6.45, 7) is 5.83. The van der Waals surface area contributed by atoms with Gasteiger partial charge in [-0.1, -0.05) is 6.42 Å². The van der Waals surface area contributed by atoms with Gasteiger partial charge in [-0.3, -0.25) is 4.90 Å². The molecule has 0 radical (unpaired) electrons. The van der Waals surface area contributed by atoms with Crippen LogP contribution in [-0.2, 0) is 0 Å². The lowest BCUT2D eigenvalue weighted by Crippen LogP contribution is -2.55. The second-order valence-electron chi connectivity index (χ2n) is 5.56. The van der Waals surface area contributed by atoms with Crippen LogP contribution in [0.2, 0.25) is 0 Å². The maximum Gasteiger partial charge on any atom is 0.0610 e. The van der Waals surface area contributed by atoms with Crippen LogP contribution in [0, 0.1) is 5.92 Å². The summed E-state index contributed by atoms with van der Waals surface area (Å²) in [7, 11) is 0. The second kappa shape index (κ2) is 3.82. The number of nitrogens with zero attached hydrogens (tertiary/aromatic N) is 1. The fourth-order valence-corrected chi connectivity index (χ4v) is 3.30. The molecule has 2 rings (SSSR count). The Morgan fingerprint density at radius 1 is 1.21 bits per heavy atom. The second-order valence-corrected chi connectivity index (χ2v) is 5.56. The molecular formula is C12H23NO. The highest BCUT2D eigenvalue weighted by atomic mass is 16.3. The Morgan fingerprint density at radius 3 is 2.64 bits per heavy atom. The van der Waals surface area contributed by atoms with Crippen molar-refractivity contribution in [1.82, 2.24) is 4.90 Å². The zero-order valence-electron chi connectivity index (χ0n) is 9.50. The van der Waals surface area contributed by atoms with Crippen molar-refractivity contribution in [3.05, 3.63) is 0 Å². The highest BCUT2D eigenvalue weighted by Crippen LogP contribution is 2.39. The van der Waals surface area contributed by atoms with E-state index in [-0.39, 0.29) is 12.1 Å². The summed E-state index contributed by atoms with van der Waals surface area (Å²) in [6.07, 6.45) is 6.91. The van der Waals surface area contributed by atoms with Gasteiger partial charge in [-0.25, -0.2) is 0 Å². The van der Waals surface area contributed by atoms with Gasteiger partial charge in [0, 0.05) is 11.6 Å². The summed E-state index contributed by atoms with van der Waals surface area (Å²) in [6, 6.07) is 0.769. The highest BCUT2D eigenvalue weighted by Gasteiger charge is 2.40. The van der Waals surface area contributed by atoms with Crippen LogP contribution < -0.4 is 0 Å². The van der Waals surface area contributed by atoms with Crippen molar-refractivity contribution in [2.45, 2.75) is 57.5 Å². The van der Waals surface area contributed by atoms with E-state index in [0.717, 1.165) is 12.0 Å². The summed E-state index contributed by atoms with van der Waals surface area (Å²) >= 11 is 0. The molecule has 1 saturated carbocycles. The van der Waals surface area contributed by atoms with E-state index >= 15 is 0 Å². The Morgan fingerprint density at radius 2 is 1.93 bits per heavy atom. The molecule has 0 aromatic carbocycles. The minimum Gasteiger partial charge on any atom is -0.394 e. The Balaban J connectivity index is 2.10. The van der Waals surface area contributed by atoms with Gasteiger partial charge in [0.1, 0.15) is 0 Å². The van der Waals surface area contributed by atoms with Gasteiger partial charge in [0.15, 0.2) is 0 Å². The van der Waals surface area contributed by atoms with Crippen molar-refractivity contribution in [3.8, 4) is 0 Å². The molecule has 1 aliphatic carbocycles. The number of hydrogen-bond acceptors (Lipinski definition) is 2. The lowest BCUT2D eigenvalue weighted by Gasteiger charge is -2.46. The van der Waals surface area contributed by atoms with E-state index in [0.29, 0.717) is 0 Å². The molecular weight excluding hydrogens is 174 g/mol. The van der Waals surface area contributed by atoms with Crippen molar-refractivity contribution in [2.24, 2.45) is 5.92 Å². The SMILES string of the molecule is CC(C)(CO)N1CCCC2CCCC21. The van der Waals surface area contributed by atoms with E-state index in [9.17, 15) is 5.11 Å². The monoisotopic (exact) mass is 197 g/mol. The molecule has 0 amide bonds. The van der Waals surface area contributed by atoms with Crippen LogP contribution in [0.15, 0.2) is 0 Å². The zero-order valence-corrected chi connectivity index (χ0v) is 9.50. The molecule has 2 fully saturated rings. The maximum atomic E-state index is 9.42. The average Bonchev–Trinajstić information content (AvgIpc) is 2.64. The summed E-state index contributed by atoms with van der Waals surface area (Å²) in [4.78, 5) is 2.56. The van der Waals surface area contributed by atoms with Crippen LogP contribution in [0.25, 0.3) is 0 Å². The normalized spacial score (nSPS) is 34.5. The molecule has 0 aromatic heterocycles. The molecule has 0 aromatic rings. The van der Waals surface area contributed by atoms with E-state index in [1.165, 1.54) is 38.6 Å². The molecule has 0 spiro atoms. The summed E-state index contributed by atoms with van der Waals surface area (Å²) in [5.41, 5.74) is -0.00627. The minimum absolute atomic E-state index is 0.00627. The fraction of sp³-hybridized carbons (Fsp3) is 1.00. The largest absolute Gasteiger partial charge is 0.394 e. The Bertz CT molecular complexity index is 202. The third-order valence-corrected chi connectivity index (χ3v) is 4.16. The summed E-state index contributed by atoms with van der Waals surface area (Å²) in [5.74, 6) is 0.926. The average molecular weight is 197 g/mol. The molecule has 2 heteroatoms. The molecule has 1 N–H and O–H groups in total. The predicted molar refractivity (Wildman–Crippen MR) is 58.2 cm³/mol. The molecule has 14 heavy (non-hydrogen) atoms. The Labute approximate surface area is 87.3 Å². The first-order valence-electron chi connectivity index (χ1n) is 6.03. The molecule has 2 atom stereocenters. The van der Waals surface area contributed by atoms with Crippen LogP contribution in [0.3, 0.4) is 0 Å². The smallest absolute Gasteiger partial charge is 0.0610 e. The standard InChI is InChI=1S/C12H23NO/c1-12(2,9-14)13-8-4-6-10-5-3-7-11(10)13/h10-11,14H,3-9H2,1-2H3. The molecule has 1 saturated heterocycles.